The highest BCUT2D eigenvalue weighted by molar-refractivity contribution is 6.09. The van der Waals surface area contributed by atoms with E-state index in [0.29, 0.717) is 12.1 Å². The maximum Gasteiger partial charge on any atom is 0.419 e. The van der Waals surface area contributed by atoms with Crippen LogP contribution in [0.4, 0.5) is 22.0 Å². The Kier molecular flexibility index (Phi) is 3.80. The molecule has 2 aromatic rings. The predicted molar refractivity (Wildman–Crippen MR) is 66.0 cm³/mol. The lowest BCUT2D eigenvalue weighted by atomic mass is 9.99. The monoisotopic (exact) mass is 300 g/mol. The highest BCUT2D eigenvalue weighted by Gasteiger charge is 2.34. The van der Waals surface area contributed by atoms with Crippen LogP contribution in [0.3, 0.4) is 0 Å². The Morgan fingerprint density at radius 2 is 1.71 bits per heavy atom. The van der Waals surface area contributed by atoms with Gasteiger partial charge in [-0.3, -0.25) is 4.79 Å². The molecule has 0 unspecified atom stereocenters. The molecular formula is C15H9F5O. The summed E-state index contributed by atoms with van der Waals surface area (Å²) >= 11 is 0. The van der Waals surface area contributed by atoms with Crippen LogP contribution in [0, 0.1) is 18.6 Å². The number of carbonyl (C=O) groups is 1. The molecule has 0 saturated carbocycles. The van der Waals surface area contributed by atoms with Gasteiger partial charge in [-0.15, -0.1) is 0 Å². The van der Waals surface area contributed by atoms with Crippen LogP contribution >= 0.6 is 0 Å². The van der Waals surface area contributed by atoms with E-state index < -0.39 is 29.2 Å². The third kappa shape index (κ3) is 2.94. The number of aryl methyl sites for hydroxylation is 1. The zero-order chi connectivity index (χ0) is 15.8. The van der Waals surface area contributed by atoms with E-state index in [1.165, 1.54) is 25.1 Å². The van der Waals surface area contributed by atoms with E-state index in [1.807, 2.05) is 0 Å². The minimum absolute atomic E-state index is 0.216. The van der Waals surface area contributed by atoms with Crippen molar-refractivity contribution in [1.29, 1.82) is 0 Å². The molecule has 0 aliphatic rings. The third-order valence-corrected chi connectivity index (χ3v) is 2.97. The summed E-state index contributed by atoms with van der Waals surface area (Å²) in [6, 6.07) is 5.84. The van der Waals surface area contributed by atoms with Gasteiger partial charge in [-0.2, -0.15) is 13.2 Å². The summed E-state index contributed by atoms with van der Waals surface area (Å²) in [4.78, 5) is 12.0. The second-order valence-electron chi connectivity index (χ2n) is 4.46. The van der Waals surface area contributed by atoms with Crippen molar-refractivity contribution in [3.8, 4) is 0 Å². The van der Waals surface area contributed by atoms with Gasteiger partial charge in [0.2, 0.25) is 0 Å². The first kappa shape index (κ1) is 15.2. The van der Waals surface area contributed by atoms with Crippen LogP contribution in [0.5, 0.6) is 0 Å². The number of ketones is 1. The first-order chi connectivity index (χ1) is 9.71. The van der Waals surface area contributed by atoms with Crippen molar-refractivity contribution in [1.82, 2.24) is 0 Å². The molecule has 0 aliphatic carbocycles. The molecule has 0 spiro atoms. The highest BCUT2D eigenvalue weighted by atomic mass is 19.4. The number of hydrogen-bond donors (Lipinski definition) is 0. The Labute approximate surface area is 117 Å². The van der Waals surface area contributed by atoms with Crippen molar-refractivity contribution in [2.75, 3.05) is 0 Å². The van der Waals surface area contributed by atoms with E-state index in [-0.39, 0.29) is 16.7 Å². The Hall–Kier alpha value is -2.24. The van der Waals surface area contributed by atoms with Crippen LogP contribution in [0.2, 0.25) is 0 Å². The Bertz CT molecular complexity index is 704. The molecule has 1 nitrogen and oxygen atoms in total. The molecule has 0 aromatic heterocycles. The van der Waals surface area contributed by atoms with Gasteiger partial charge in [0, 0.05) is 5.56 Å². The summed E-state index contributed by atoms with van der Waals surface area (Å²) in [5, 5.41) is 0. The molecule has 0 radical (unpaired) electrons. The average Bonchev–Trinajstić information content (AvgIpc) is 2.39. The first-order valence-electron chi connectivity index (χ1n) is 5.88. The molecule has 6 heteroatoms. The van der Waals surface area contributed by atoms with Gasteiger partial charge < -0.3 is 0 Å². The van der Waals surface area contributed by atoms with Crippen LogP contribution in [0.25, 0.3) is 0 Å². The van der Waals surface area contributed by atoms with Gasteiger partial charge in [-0.1, -0.05) is 18.2 Å². The van der Waals surface area contributed by atoms with E-state index in [4.69, 9.17) is 0 Å². The second-order valence-corrected chi connectivity index (χ2v) is 4.46. The quantitative estimate of drug-likeness (QED) is 0.588. The largest absolute Gasteiger partial charge is 0.419 e. The molecule has 0 aliphatic heterocycles. The Balaban J connectivity index is 2.46. The maximum absolute atomic E-state index is 13.8. The SMILES string of the molecule is Cc1cccc(C(=O)c2ccc(C(F)(F)F)c(F)c2)c1F. The molecule has 0 heterocycles. The van der Waals surface area contributed by atoms with Crippen LogP contribution in [-0.4, -0.2) is 5.78 Å². The molecule has 110 valence electrons. The smallest absolute Gasteiger partial charge is 0.288 e. The lowest BCUT2D eigenvalue weighted by molar-refractivity contribution is -0.140. The summed E-state index contributed by atoms with van der Waals surface area (Å²) in [5.74, 6) is -3.21. The number of benzene rings is 2. The van der Waals surface area contributed by atoms with Gasteiger partial charge in [0.15, 0.2) is 5.78 Å². The van der Waals surface area contributed by atoms with Crippen LogP contribution in [0.1, 0.15) is 27.0 Å². The fourth-order valence-corrected chi connectivity index (χ4v) is 1.86. The highest BCUT2D eigenvalue weighted by Crippen LogP contribution is 2.32. The standard InChI is InChI=1S/C15H9F5O/c1-8-3-2-4-10(13(8)17)14(21)9-5-6-11(12(16)7-9)15(18,19)20/h2-7H,1H3. The van der Waals surface area contributed by atoms with Crippen molar-refractivity contribution < 1.29 is 26.7 Å². The summed E-state index contributed by atoms with van der Waals surface area (Å²) < 4.78 is 64.6. The van der Waals surface area contributed by atoms with Crippen LogP contribution in [-0.2, 0) is 6.18 Å². The molecule has 0 atom stereocenters. The van der Waals surface area contributed by atoms with Gasteiger partial charge >= 0.3 is 6.18 Å². The topological polar surface area (TPSA) is 17.1 Å². The van der Waals surface area contributed by atoms with Crippen molar-refractivity contribution >= 4 is 5.78 Å². The van der Waals surface area contributed by atoms with Gasteiger partial charge in [0.25, 0.3) is 0 Å². The van der Waals surface area contributed by atoms with Gasteiger partial charge in [0.1, 0.15) is 11.6 Å². The molecule has 0 saturated heterocycles. The molecule has 2 aromatic carbocycles. The normalized spacial score (nSPS) is 11.5. The summed E-state index contributed by atoms with van der Waals surface area (Å²) in [5.41, 5.74) is -1.91. The molecule has 0 bridgehead atoms. The number of halogens is 5. The van der Waals surface area contributed by atoms with E-state index >= 15 is 0 Å². The summed E-state index contributed by atoms with van der Waals surface area (Å²) in [7, 11) is 0. The van der Waals surface area contributed by atoms with E-state index in [0.717, 1.165) is 6.07 Å². The molecule has 21 heavy (non-hydrogen) atoms. The van der Waals surface area contributed by atoms with Gasteiger partial charge in [0.05, 0.1) is 11.1 Å². The van der Waals surface area contributed by atoms with Crippen molar-refractivity contribution in [3.05, 3.63) is 70.3 Å². The van der Waals surface area contributed by atoms with Gasteiger partial charge in [-0.25, -0.2) is 8.78 Å². The van der Waals surface area contributed by atoms with Crippen LogP contribution < -0.4 is 0 Å². The maximum atomic E-state index is 13.8. The number of rotatable bonds is 2. The third-order valence-electron chi connectivity index (χ3n) is 2.97. The second kappa shape index (κ2) is 5.27. The minimum atomic E-state index is -4.85. The zero-order valence-electron chi connectivity index (χ0n) is 10.8. The fraction of sp³-hybridized carbons (Fsp3) is 0.133. The number of alkyl halides is 3. The van der Waals surface area contributed by atoms with E-state index in [9.17, 15) is 26.7 Å². The number of carbonyl (C=O) groups excluding carboxylic acids is 1. The molecule has 2 rings (SSSR count). The molecule has 0 N–H and O–H groups in total. The summed E-state index contributed by atoms with van der Waals surface area (Å²) in [6.07, 6.45) is -4.85. The molecular weight excluding hydrogens is 291 g/mol. The first-order valence-corrected chi connectivity index (χ1v) is 5.88. The van der Waals surface area contributed by atoms with Crippen molar-refractivity contribution in [2.45, 2.75) is 13.1 Å². The minimum Gasteiger partial charge on any atom is -0.288 e. The van der Waals surface area contributed by atoms with Crippen molar-refractivity contribution in [2.24, 2.45) is 0 Å². The van der Waals surface area contributed by atoms with Crippen molar-refractivity contribution in [3.63, 3.8) is 0 Å². The lowest BCUT2D eigenvalue weighted by Crippen LogP contribution is -2.11. The van der Waals surface area contributed by atoms with E-state index in [1.54, 1.807) is 0 Å². The van der Waals surface area contributed by atoms with Crippen LogP contribution in [0.15, 0.2) is 36.4 Å². The lowest BCUT2D eigenvalue weighted by Gasteiger charge is -2.09. The fourth-order valence-electron chi connectivity index (χ4n) is 1.86. The number of hydrogen-bond acceptors (Lipinski definition) is 1. The summed E-state index contributed by atoms with van der Waals surface area (Å²) in [6.45, 7) is 1.44. The molecule has 0 amide bonds. The predicted octanol–water partition coefficient (Wildman–Crippen LogP) is 4.52. The average molecular weight is 300 g/mol. The zero-order valence-corrected chi connectivity index (χ0v) is 10.8. The molecule has 0 fully saturated rings. The Morgan fingerprint density at radius 1 is 1.05 bits per heavy atom. The Morgan fingerprint density at radius 3 is 2.29 bits per heavy atom. The van der Waals surface area contributed by atoms with Gasteiger partial charge in [-0.05, 0) is 30.7 Å². The van der Waals surface area contributed by atoms with E-state index in [2.05, 4.69) is 0 Å².